The van der Waals surface area contributed by atoms with Crippen molar-refractivity contribution in [3.05, 3.63) is 95.1 Å². The van der Waals surface area contributed by atoms with Gasteiger partial charge < -0.3 is 9.84 Å². The summed E-state index contributed by atoms with van der Waals surface area (Å²) < 4.78 is 40.6. The molecule has 1 atom stereocenters. The van der Waals surface area contributed by atoms with E-state index in [1.165, 1.54) is 24.3 Å². The number of hydrogen-bond acceptors (Lipinski definition) is 5. The van der Waals surface area contributed by atoms with Crippen molar-refractivity contribution < 1.29 is 37.4 Å². The molecule has 1 aliphatic heterocycles. The maximum Gasteiger partial charge on any atom is 0.573 e. The predicted octanol–water partition coefficient (Wildman–Crippen LogP) is 5.22. The Morgan fingerprint density at radius 2 is 1.41 bits per heavy atom. The van der Waals surface area contributed by atoms with Gasteiger partial charge in [-0.05, 0) is 67.1 Å². The average molecular weight is 526 g/mol. The van der Waals surface area contributed by atoms with E-state index in [1.54, 1.807) is 48.5 Å². The highest BCUT2D eigenvalue weighted by Crippen LogP contribution is 2.28. The Bertz CT molecular complexity index is 1360. The summed E-state index contributed by atoms with van der Waals surface area (Å²) in [5.74, 6) is 3.47. The zero-order valence-corrected chi connectivity index (χ0v) is 19.8. The van der Waals surface area contributed by atoms with E-state index in [0.717, 1.165) is 16.7 Å². The molecule has 0 radical (unpaired) electrons. The number of carboxylic acids is 1. The van der Waals surface area contributed by atoms with Crippen LogP contribution in [-0.4, -0.2) is 45.9 Å². The van der Waals surface area contributed by atoms with Gasteiger partial charge in [-0.1, -0.05) is 24.0 Å². The van der Waals surface area contributed by atoms with Crippen LogP contribution >= 0.6 is 11.8 Å². The van der Waals surface area contributed by atoms with E-state index < -0.39 is 29.4 Å². The third-order valence-corrected chi connectivity index (χ3v) is 6.61. The van der Waals surface area contributed by atoms with Crippen LogP contribution in [-0.2, 0) is 4.79 Å². The number of amides is 2. The predicted molar refractivity (Wildman–Crippen MR) is 129 cm³/mol. The molecule has 3 aromatic carbocycles. The number of nitrogens with zero attached hydrogens (tertiary/aromatic N) is 1. The highest BCUT2D eigenvalue weighted by molar-refractivity contribution is 8.00. The summed E-state index contributed by atoms with van der Waals surface area (Å²) >= 11 is 1.09. The number of halogens is 3. The molecule has 0 aliphatic carbocycles. The van der Waals surface area contributed by atoms with E-state index in [4.69, 9.17) is 0 Å². The van der Waals surface area contributed by atoms with Crippen LogP contribution in [0.5, 0.6) is 5.75 Å². The highest BCUT2D eigenvalue weighted by atomic mass is 32.2. The van der Waals surface area contributed by atoms with Crippen molar-refractivity contribution in [2.45, 2.75) is 22.9 Å². The van der Waals surface area contributed by atoms with Gasteiger partial charge in [0.25, 0.3) is 11.8 Å². The number of carboxylic acid groups (broad SMARTS) is 1. The number of benzene rings is 3. The van der Waals surface area contributed by atoms with Gasteiger partial charge in [0.1, 0.15) is 11.0 Å². The van der Waals surface area contributed by atoms with Gasteiger partial charge in [-0.25, -0.2) is 0 Å². The fraction of sp³-hybridized carbons (Fsp3) is 0.148. The molecule has 6 nitrogen and oxygen atoms in total. The molecule has 2 amide bonds. The SMILES string of the molecule is O=C(O)C(CCN1C(=O)c2ccccc2C1=O)Sc1ccc(C#Cc2ccc(OC(F)(F)F)cc2)cc1. The molecular weight excluding hydrogens is 507 g/mol. The largest absolute Gasteiger partial charge is 0.573 e. The lowest BCUT2D eigenvalue weighted by molar-refractivity contribution is -0.274. The highest BCUT2D eigenvalue weighted by Gasteiger charge is 2.35. The summed E-state index contributed by atoms with van der Waals surface area (Å²) in [4.78, 5) is 38.6. The number of rotatable bonds is 7. The molecule has 0 bridgehead atoms. The molecule has 0 saturated carbocycles. The Morgan fingerprint density at radius 1 is 0.892 bits per heavy atom. The molecule has 10 heteroatoms. The van der Waals surface area contributed by atoms with Crippen molar-refractivity contribution in [2.24, 2.45) is 0 Å². The number of aliphatic carboxylic acids is 1. The summed E-state index contributed by atoms with van der Waals surface area (Å²) in [7, 11) is 0. The van der Waals surface area contributed by atoms with Crippen molar-refractivity contribution in [1.29, 1.82) is 0 Å². The lowest BCUT2D eigenvalue weighted by Gasteiger charge is -2.17. The first-order chi connectivity index (χ1) is 17.6. The maximum absolute atomic E-state index is 12.5. The van der Waals surface area contributed by atoms with Crippen molar-refractivity contribution in [3.63, 3.8) is 0 Å². The lowest BCUT2D eigenvalue weighted by Crippen LogP contribution is -2.33. The van der Waals surface area contributed by atoms with Crippen LogP contribution in [0.1, 0.15) is 38.3 Å². The Morgan fingerprint density at radius 3 is 1.89 bits per heavy atom. The zero-order valence-electron chi connectivity index (χ0n) is 19.0. The van der Waals surface area contributed by atoms with E-state index in [0.29, 0.717) is 27.1 Å². The fourth-order valence-corrected chi connectivity index (χ4v) is 4.53. The summed E-state index contributed by atoms with van der Waals surface area (Å²) in [6.45, 7) is -0.0212. The third-order valence-electron chi connectivity index (χ3n) is 5.34. The van der Waals surface area contributed by atoms with Crippen LogP contribution in [0.15, 0.2) is 77.7 Å². The first-order valence-electron chi connectivity index (χ1n) is 10.9. The van der Waals surface area contributed by atoms with Crippen molar-refractivity contribution in [3.8, 4) is 17.6 Å². The van der Waals surface area contributed by atoms with Crippen LogP contribution in [0, 0.1) is 11.8 Å². The van der Waals surface area contributed by atoms with Crippen LogP contribution in [0.25, 0.3) is 0 Å². The topological polar surface area (TPSA) is 83.9 Å². The lowest BCUT2D eigenvalue weighted by atomic mass is 10.1. The summed E-state index contributed by atoms with van der Waals surface area (Å²) in [6, 6.07) is 18.4. The Labute approximate surface area is 214 Å². The fourth-order valence-electron chi connectivity index (χ4n) is 3.59. The number of thioether (sulfide) groups is 1. The van der Waals surface area contributed by atoms with Gasteiger partial charge in [-0.3, -0.25) is 19.3 Å². The number of hydrogen-bond donors (Lipinski definition) is 1. The number of alkyl halides is 3. The molecule has 0 aromatic heterocycles. The molecule has 3 aromatic rings. The van der Waals surface area contributed by atoms with E-state index in [-0.39, 0.29) is 18.7 Å². The quantitative estimate of drug-likeness (QED) is 0.259. The van der Waals surface area contributed by atoms with Gasteiger partial charge >= 0.3 is 12.3 Å². The average Bonchev–Trinajstić information content (AvgIpc) is 3.10. The van der Waals surface area contributed by atoms with Crippen LogP contribution in [0.3, 0.4) is 0 Å². The molecule has 1 unspecified atom stereocenters. The van der Waals surface area contributed by atoms with Crippen molar-refractivity contribution in [1.82, 2.24) is 4.90 Å². The minimum Gasteiger partial charge on any atom is -0.480 e. The Hall–Kier alpha value is -4.23. The normalized spacial score (nSPS) is 13.5. The van der Waals surface area contributed by atoms with E-state index in [1.807, 2.05) is 0 Å². The van der Waals surface area contributed by atoms with E-state index in [9.17, 15) is 32.7 Å². The number of fused-ring (bicyclic) bond motifs is 1. The monoisotopic (exact) mass is 525 g/mol. The Kier molecular flexibility index (Phi) is 7.55. The second-order valence-electron chi connectivity index (χ2n) is 7.89. The molecule has 188 valence electrons. The summed E-state index contributed by atoms with van der Waals surface area (Å²) in [5.41, 5.74) is 1.74. The van der Waals surface area contributed by atoms with Gasteiger partial charge in [0.2, 0.25) is 0 Å². The van der Waals surface area contributed by atoms with Gasteiger partial charge in [-0.2, -0.15) is 0 Å². The van der Waals surface area contributed by atoms with Gasteiger partial charge in [0.15, 0.2) is 0 Å². The van der Waals surface area contributed by atoms with Crippen molar-refractivity contribution >= 4 is 29.5 Å². The van der Waals surface area contributed by atoms with E-state index >= 15 is 0 Å². The molecular formula is C27H18F3NO5S. The number of imide groups is 1. The first-order valence-corrected chi connectivity index (χ1v) is 11.8. The second-order valence-corrected chi connectivity index (χ2v) is 9.16. The van der Waals surface area contributed by atoms with Crippen molar-refractivity contribution in [2.75, 3.05) is 6.54 Å². The molecule has 0 saturated heterocycles. The molecule has 0 spiro atoms. The van der Waals surface area contributed by atoms with E-state index in [2.05, 4.69) is 16.6 Å². The Balaban J connectivity index is 1.35. The molecule has 1 aliphatic rings. The van der Waals surface area contributed by atoms with Gasteiger partial charge in [0, 0.05) is 22.6 Å². The number of ether oxygens (including phenoxy) is 1. The summed E-state index contributed by atoms with van der Waals surface area (Å²) in [5, 5.41) is 8.77. The molecule has 1 N–H and O–H groups in total. The first kappa shape index (κ1) is 25.9. The van der Waals surface area contributed by atoms with Crippen LogP contribution in [0.4, 0.5) is 13.2 Å². The molecule has 1 heterocycles. The van der Waals surface area contributed by atoms with Crippen LogP contribution < -0.4 is 4.74 Å². The maximum atomic E-state index is 12.5. The molecule has 4 rings (SSSR count). The van der Waals surface area contributed by atoms with Gasteiger partial charge in [0.05, 0.1) is 11.1 Å². The van der Waals surface area contributed by atoms with Crippen LogP contribution in [0.2, 0.25) is 0 Å². The summed E-state index contributed by atoms with van der Waals surface area (Å²) in [6.07, 6.45) is -4.69. The van der Waals surface area contributed by atoms with Gasteiger partial charge in [-0.15, -0.1) is 24.9 Å². The zero-order chi connectivity index (χ0) is 26.6. The smallest absolute Gasteiger partial charge is 0.480 e. The molecule has 37 heavy (non-hydrogen) atoms. The number of carbonyl (C=O) groups excluding carboxylic acids is 2. The minimum atomic E-state index is -4.76. The molecule has 0 fully saturated rings. The standard InChI is InChI=1S/C27H18F3NO5S/c28-27(29,30)36-19-11-7-17(8-12-19)5-6-18-9-13-20(14-10-18)37-23(26(34)35)15-16-31-24(32)21-3-1-2-4-22(21)25(31)33/h1-4,7-14,23H,15-16H2,(H,34,35). The second kappa shape index (κ2) is 10.8. The third kappa shape index (κ3) is 6.51. The minimum absolute atomic E-state index is 0.0212. The number of carbonyl (C=O) groups is 3.